The highest BCUT2D eigenvalue weighted by Crippen LogP contribution is 2.45. The SMILES string of the molecule is c1ccc(-n2c3ccccc3c3c(-c4ccc(-c5ccc(N(c6ccc([Si](c7ccccc7)(c7ccccc7)c7ccccc7)cc6)c6ccc7ccccc7c6)cc5)cc4)cccc32)cc1.c1ccc(-n2c3ccccc3c3c(-c4ccc(-c5ccc(N(c6ccc([Si](c7ccccc7)(c7ccccc7)c7ccccc7)cc6)c6cccc7ccccc67)cc5)cc4)cccc32)cc1. The van der Waals surface area contributed by atoms with Gasteiger partial charge in [-0.3, -0.25) is 0 Å². The highest BCUT2D eigenvalue weighted by molar-refractivity contribution is 7.20. The Balaban J connectivity index is 0.000000151. The molecule has 0 saturated carbocycles. The molecule has 0 aliphatic rings. The molecular formula is C128H92N4Si2. The molecule has 0 radical (unpaired) electrons. The summed E-state index contributed by atoms with van der Waals surface area (Å²) in [7, 11) is -5.37. The summed E-state index contributed by atoms with van der Waals surface area (Å²) in [5.41, 5.74) is 23.4. The number of para-hydroxylation sites is 4. The number of benzene rings is 22. The van der Waals surface area contributed by atoms with Gasteiger partial charge >= 0.3 is 0 Å². The Labute approximate surface area is 784 Å². The van der Waals surface area contributed by atoms with Crippen molar-refractivity contribution in [3.05, 3.63) is 558 Å². The number of anilines is 6. The number of aromatic nitrogens is 2. The van der Waals surface area contributed by atoms with E-state index in [2.05, 4.69) is 577 Å². The third-order valence-corrected chi connectivity index (χ3v) is 36.7. The van der Waals surface area contributed by atoms with Gasteiger partial charge in [0.1, 0.15) is 0 Å². The second-order valence-electron chi connectivity index (χ2n) is 34.5. The normalized spacial score (nSPS) is 11.6. The first-order valence-electron chi connectivity index (χ1n) is 46.2. The molecule has 632 valence electrons. The molecule has 0 unspecified atom stereocenters. The van der Waals surface area contributed by atoms with Crippen LogP contribution in [0.2, 0.25) is 0 Å². The molecule has 6 heteroatoms. The van der Waals surface area contributed by atoms with Crippen molar-refractivity contribution in [2.24, 2.45) is 0 Å². The largest absolute Gasteiger partial charge is 0.310 e. The maximum atomic E-state index is 2.42. The molecule has 0 amide bonds. The fourth-order valence-electron chi connectivity index (χ4n) is 21.0. The Kier molecular flexibility index (Phi) is 21.8. The summed E-state index contributed by atoms with van der Waals surface area (Å²) in [6.45, 7) is 0. The zero-order valence-electron chi connectivity index (χ0n) is 73.9. The van der Waals surface area contributed by atoms with E-state index in [0.29, 0.717) is 0 Å². The van der Waals surface area contributed by atoms with Gasteiger partial charge in [0, 0.05) is 66.7 Å². The number of nitrogens with zero attached hydrogens (tertiary/aromatic N) is 4. The van der Waals surface area contributed by atoms with Crippen molar-refractivity contribution in [3.63, 3.8) is 0 Å². The lowest BCUT2D eigenvalue weighted by atomic mass is 9.97. The van der Waals surface area contributed by atoms with Gasteiger partial charge in [-0.2, -0.15) is 0 Å². The van der Waals surface area contributed by atoms with Gasteiger partial charge in [0.2, 0.25) is 0 Å². The van der Waals surface area contributed by atoms with Crippen molar-refractivity contribution >= 4 is 157 Å². The second kappa shape index (κ2) is 35.8. The van der Waals surface area contributed by atoms with Crippen LogP contribution in [-0.2, 0) is 0 Å². The number of hydrogen-bond donors (Lipinski definition) is 0. The van der Waals surface area contributed by atoms with Crippen molar-refractivity contribution in [3.8, 4) is 55.9 Å². The number of rotatable bonds is 20. The topological polar surface area (TPSA) is 16.3 Å². The van der Waals surface area contributed by atoms with E-state index in [0.717, 1.165) is 34.1 Å². The minimum absolute atomic E-state index is 1.10. The number of hydrogen-bond acceptors (Lipinski definition) is 2. The van der Waals surface area contributed by atoms with Crippen LogP contribution in [0.3, 0.4) is 0 Å². The predicted molar refractivity (Wildman–Crippen MR) is 575 cm³/mol. The van der Waals surface area contributed by atoms with E-state index in [1.165, 1.54) is 163 Å². The van der Waals surface area contributed by atoms with Crippen LogP contribution in [0, 0.1) is 0 Å². The molecule has 24 rings (SSSR count). The maximum absolute atomic E-state index is 2.69. The van der Waals surface area contributed by atoms with Gasteiger partial charge in [-0.25, -0.2) is 0 Å². The molecule has 2 aromatic heterocycles. The Morgan fingerprint density at radius 1 is 0.157 bits per heavy atom. The van der Waals surface area contributed by atoms with Gasteiger partial charge in [-0.15, -0.1) is 0 Å². The Hall–Kier alpha value is -17.0. The fraction of sp³-hybridized carbons (Fsp3) is 0. The molecule has 24 aromatic rings. The van der Waals surface area contributed by atoms with E-state index < -0.39 is 16.1 Å². The zero-order chi connectivity index (χ0) is 89.1. The molecule has 0 atom stereocenters. The molecule has 22 aromatic carbocycles. The summed E-state index contributed by atoms with van der Waals surface area (Å²) < 4.78 is 4.77. The highest BCUT2D eigenvalue weighted by Gasteiger charge is 2.43. The van der Waals surface area contributed by atoms with Gasteiger partial charge in [-0.05, 0) is 217 Å². The van der Waals surface area contributed by atoms with E-state index >= 15 is 0 Å². The Morgan fingerprint density at radius 3 is 0.799 bits per heavy atom. The molecule has 0 N–H and O–H groups in total. The molecule has 0 aliphatic heterocycles. The van der Waals surface area contributed by atoms with Crippen LogP contribution in [0.5, 0.6) is 0 Å². The van der Waals surface area contributed by atoms with E-state index in [9.17, 15) is 0 Å². The fourth-order valence-corrected chi connectivity index (χ4v) is 30.5. The van der Waals surface area contributed by atoms with Crippen LogP contribution >= 0.6 is 0 Å². The van der Waals surface area contributed by atoms with Crippen molar-refractivity contribution in [2.45, 2.75) is 0 Å². The molecule has 0 aliphatic carbocycles. The van der Waals surface area contributed by atoms with E-state index in [1.807, 2.05) is 0 Å². The first-order valence-corrected chi connectivity index (χ1v) is 50.2. The summed E-state index contributed by atoms with van der Waals surface area (Å²) in [5, 5.41) is 20.8. The standard InChI is InChI=1S/2C64H46N2Si/c1-5-21-51(22-6-1)66-62-32-16-15-30-60(62)64-59(31-18-34-63(64)66)50-37-35-47(36-38-50)48-39-41-52(42-40-48)65(61-33-17-20-49-19-13-14-29-58(49)61)53-43-45-57(46-44-53)67(54-23-7-2-8-24-54,55-25-9-3-10-26-55)56-27-11-4-12-28-56;1-5-20-52(21-6-1)66-62-30-16-15-28-61(62)64-60(29-17-31-63(64)66)50-34-32-48(33-35-50)49-36-39-53(40-37-49)65(55-41-38-47-18-13-14-19-51(47)46-55)54-42-44-59(45-43-54)67(56-22-7-2-8-23-56,57-24-9-3-10-25-57)58-26-11-4-12-27-58/h2*1-46H. The summed E-state index contributed by atoms with van der Waals surface area (Å²) in [5.74, 6) is 0. The van der Waals surface area contributed by atoms with Crippen LogP contribution < -0.4 is 51.3 Å². The van der Waals surface area contributed by atoms with Gasteiger partial charge in [0.05, 0.1) is 27.8 Å². The Bertz CT molecular complexity index is 8070. The van der Waals surface area contributed by atoms with Gasteiger partial charge in [0.15, 0.2) is 16.1 Å². The van der Waals surface area contributed by atoms with Crippen LogP contribution in [-0.4, -0.2) is 25.3 Å². The number of fused-ring (bicyclic) bond motifs is 8. The third kappa shape index (κ3) is 14.8. The Morgan fingerprint density at radius 2 is 0.418 bits per heavy atom. The predicted octanol–water partition coefficient (Wildman–Crippen LogP) is 28.2. The zero-order valence-corrected chi connectivity index (χ0v) is 75.9. The van der Waals surface area contributed by atoms with Gasteiger partial charge in [0.25, 0.3) is 0 Å². The quantitative estimate of drug-likeness (QED) is 0.0559. The van der Waals surface area contributed by atoms with Crippen LogP contribution in [0.25, 0.3) is 121 Å². The van der Waals surface area contributed by atoms with Crippen molar-refractivity contribution < 1.29 is 0 Å². The lowest BCUT2D eigenvalue weighted by molar-refractivity contribution is 1.18. The third-order valence-electron chi connectivity index (χ3n) is 27.1. The van der Waals surface area contributed by atoms with Crippen LogP contribution in [0.4, 0.5) is 34.1 Å². The summed E-state index contributed by atoms with van der Waals surface area (Å²) in [6.07, 6.45) is 0. The first kappa shape index (κ1) is 81.5. The highest BCUT2D eigenvalue weighted by atomic mass is 28.3. The molecular weight excluding hydrogens is 1650 g/mol. The lowest BCUT2D eigenvalue weighted by Crippen LogP contribution is -2.74. The van der Waals surface area contributed by atoms with Crippen molar-refractivity contribution in [1.29, 1.82) is 0 Å². The van der Waals surface area contributed by atoms with Crippen LogP contribution in [0.1, 0.15) is 0 Å². The minimum Gasteiger partial charge on any atom is -0.310 e. The summed E-state index contributed by atoms with van der Waals surface area (Å²) >= 11 is 0. The second-order valence-corrected chi connectivity index (χ2v) is 42.1. The molecule has 134 heavy (non-hydrogen) atoms. The van der Waals surface area contributed by atoms with Crippen molar-refractivity contribution in [1.82, 2.24) is 9.13 Å². The molecule has 0 bridgehead atoms. The van der Waals surface area contributed by atoms with E-state index in [1.54, 1.807) is 0 Å². The summed E-state index contributed by atoms with van der Waals surface area (Å²) in [4.78, 5) is 4.81. The maximum Gasteiger partial charge on any atom is 0.179 e. The van der Waals surface area contributed by atoms with E-state index in [4.69, 9.17) is 0 Å². The van der Waals surface area contributed by atoms with Gasteiger partial charge < -0.3 is 18.9 Å². The molecule has 0 spiro atoms. The average molecular weight is 1740 g/mol. The van der Waals surface area contributed by atoms with E-state index in [-0.39, 0.29) is 0 Å². The van der Waals surface area contributed by atoms with Gasteiger partial charge in [-0.1, -0.05) is 443 Å². The smallest absolute Gasteiger partial charge is 0.179 e. The molecule has 4 nitrogen and oxygen atoms in total. The van der Waals surface area contributed by atoms with Crippen molar-refractivity contribution in [2.75, 3.05) is 9.80 Å². The molecule has 0 saturated heterocycles. The monoisotopic (exact) mass is 1740 g/mol. The lowest BCUT2D eigenvalue weighted by Gasteiger charge is -2.35. The first-order chi connectivity index (χ1) is 66.5. The van der Waals surface area contributed by atoms with Crippen LogP contribution in [0.15, 0.2) is 558 Å². The minimum atomic E-state index is -2.69. The molecule has 2 heterocycles. The summed E-state index contributed by atoms with van der Waals surface area (Å²) in [6, 6.07) is 205. The molecule has 0 fully saturated rings. The average Bonchev–Trinajstić information content (AvgIpc) is 1.23.